The monoisotopic (exact) mass is 566 g/mol. The fourth-order valence-electron chi connectivity index (χ4n) is 6.07. The standard InChI is InChI=1S/C33H46N2O6/c1-5-6-16-28(34-32(38)40-21-24-12-8-7-9-13-24)31(37)35-20-27(33(3,22-35)23(2)36)25-17-18-29(39-4)30(19-25)41-26-14-10-11-15-26/h7-9,12-13,17-19,23,26-28,36H,5-6,10-11,14-16,20-22H2,1-4H3,(H,34,38)/t23-,27+,28?,33+/m1/s1. The second kappa shape index (κ2) is 14.1. The minimum Gasteiger partial charge on any atom is -0.493 e. The number of alkyl carbamates (subject to hydrolysis) is 1. The van der Waals surface area contributed by atoms with E-state index in [1.54, 1.807) is 18.9 Å². The summed E-state index contributed by atoms with van der Waals surface area (Å²) in [5, 5.41) is 13.8. The van der Waals surface area contributed by atoms with Crippen LogP contribution in [0.4, 0.5) is 4.79 Å². The van der Waals surface area contributed by atoms with Crippen molar-refractivity contribution >= 4 is 12.0 Å². The topological polar surface area (TPSA) is 97.3 Å². The maximum absolute atomic E-state index is 13.9. The molecule has 1 unspecified atom stereocenters. The largest absolute Gasteiger partial charge is 0.493 e. The highest BCUT2D eigenvalue weighted by Gasteiger charge is 2.49. The van der Waals surface area contributed by atoms with E-state index in [-0.39, 0.29) is 24.5 Å². The predicted octanol–water partition coefficient (Wildman–Crippen LogP) is 5.81. The van der Waals surface area contributed by atoms with Crippen molar-refractivity contribution in [3.05, 3.63) is 59.7 Å². The van der Waals surface area contributed by atoms with Crippen molar-refractivity contribution in [2.75, 3.05) is 20.2 Å². The van der Waals surface area contributed by atoms with Crippen LogP contribution in [0.15, 0.2) is 48.5 Å². The normalized spacial score (nSPS) is 22.3. The number of hydrogen-bond donors (Lipinski definition) is 2. The first-order valence-corrected chi connectivity index (χ1v) is 15.0. The zero-order chi connectivity index (χ0) is 29.4. The molecular weight excluding hydrogens is 520 g/mol. The molecule has 224 valence electrons. The molecule has 2 aliphatic rings. The van der Waals surface area contributed by atoms with Gasteiger partial charge < -0.3 is 29.5 Å². The summed E-state index contributed by atoms with van der Waals surface area (Å²) in [7, 11) is 1.64. The molecule has 8 nitrogen and oxygen atoms in total. The number of methoxy groups -OCH3 is 1. The molecule has 1 heterocycles. The van der Waals surface area contributed by atoms with E-state index < -0.39 is 23.7 Å². The Kier molecular flexibility index (Phi) is 10.5. The molecule has 1 saturated heterocycles. The number of benzene rings is 2. The Bertz CT molecular complexity index is 1150. The summed E-state index contributed by atoms with van der Waals surface area (Å²) in [5.41, 5.74) is 1.29. The number of likely N-dealkylation sites (tertiary alicyclic amines) is 1. The van der Waals surface area contributed by atoms with Gasteiger partial charge in [-0.25, -0.2) is 4.79 Å². The van der Waals surface area contributed by atoms with Crippen LogP contribution in [0.2, 0.25) is 0 Å². The fraction of sp³-hybridized carbons (Fsp3) is 0.576. The molecule has 2 aromatic rings. The van der Waals surface area contributed by atoms with Crippen LogP contribution >= 0.6 is 0 Å². The third kappa shape index (κ3) is 7.53. The molecule has 1 aliphatic heterocycles. The van der Waals surface area contributed by atoms with E-state index >= 15 is 0 Å². The highest BCUT2D eigenvalue weighted by molar-refractivity contribution is 5.86. The van der Waals surface area contributed by atoms with Crippen LogP contribution in [0.1, 0.15) is 82.8 Å². The molecule has 2 fully saturated rings. The average Bonchev–Trinajstić information content (AvgIpc) is 3.62. The van der Waals surface area contributed by atoms with Crippen LogP contribution in [0.5, 0.6) is 11.5 Å². The first-order valence-electron chi connectivity index (χ1n) is 15.0. The number of unbranched alkanes of at least 4 members (excludes halogenated alkanes) is 1. The third-order valence-corrected chi connectivity index (χ3v) is 8.83. The van der Waals surface area contributed by atoms with Gasteiger partial charge in [-0.05, 0) is 62.3 Å². The molecule has 1 saturated carbocycles. The van der Waals surface area contributed by atoms with Crippen LogP contribution in [-0.2, 0) is 16.1 Å². The van der Waals surface area contributed by atoms with Gasteiger partial charge in [0.1, 0.15) is 12.6 Å². The summed E-state index contributed by atoms with van der Waals surface area (Å²) in [6, 6.07) is 14.7. The minimum atomic E-state index is -0.702. The second-order valence-electron chi connectivity index (χ2n) is 11.8. The van der Waals surface area contributed by atoms with Gasteiger partial charge in [0.2, 0.25) is 5.91 Å². The van der Waals surface area contributed by atoms with Crippen molar-refractivity contribution < 1.29 is 28.9 Å². The summed E-state index contributed by atoms with van der Waals surface area (Å²) in [6.07, 6.45) is 5.51. The third-order valence-electron chi connectivity index (χ3n) is 8.83. The Hall–Kier alpha value is -3.26. The van der Waals surface area contributed by atoms with Crippen LogP contribution in [-0.4, -0.2) is 60.5 Å². The molecule has 0 bridgehead atoms. The van der Waals surface area contributed by atoms with Crippen molar-refractivity contribution in [1.82, 2.24) is 10.2 Å². The number of carbonyl (C=O) groups excluding carboxylic acids is 2. The predicted molar refractivity (Wildman–Crippen MR) is 158 cm³/mol. The summed E-state index contributed by atoms with van der Waals surface area (Å²) in [5.74, 6) is 1.11. The maximum Gasteiger partial charge on any atom is 0.408 e. The molecule has 8 heteroatoms. The van der Waals surface area contributed by atoms with E-state index in [0.29, 0.717) is 31.0 Å². The Balaban J connectivity index is 1.51. The van der Waals surface area contributed by atoms with E-state index in [1.165, 1.54) is 12.8 Å². The molecule has 2 aromatic carbocycles. The summed E-state index contributed by atoms with van der Waals surface area (Å²) >= 11 is 0. The number of hydrogen-bond acceptors (Lipinski definition) is 6. The molecule has 0 radical (unpaired) electrons. The van der Waals surface area contributed by atoms with Crippen molar-refractivity contribution in [3.8, 4) is 11.5 Å². The van der Waals surface area contributed by atoms with Gasteiger partial charge in [-0.3, -0.25) is 4.79 Å². The van der Waals surface area contributed by atoms with Crippen molar-refractivity contribution in [2.24, 2.45) is 5.41 Å². The lowest BCUT2D eigenvalue weighted by Crippen LogP contribution is -2.49. The summed E-state index contributed by atoms with van der Waals surface area (Å²) in [6.45, 7) is 6.81. The number of aliphatic hydroxyl groups is 1. The van der Waals surface area contributed by atoms with Gasteiger partial charge in [0.15, 0.2) is 11.5 Å². The fourth-order valence-corrected chi connectivity index (χ4v) is 6.07. The Morgan fingerprint density at radius 1 is 1.12 bits per heavy atom. The molecule has 1 aliphatic carbocycles. The van der Waals surface area contributed by atoms with Crippen molar-refractivity contribution in [2.45, 2.75) is 96.5 Å². The zero-order valence-electron chi connectivity index (χ0n) is 24.9. The Morgan fingerprint density at radius 3 is 2.51 bits per heavy atom. The molecule has 0 aromatic heterocycles. The van der Waals surface area contributed by atoms with E-state index in [1.807, 2.05) is 55.5 Å². The molecule has 41 heavy (non-hydrogen) atoms. The van der Waals surface area contributed by atoms with Crippen LogP contribution in [0.3, 0.4) is 0 Å². The summed E-state index contributed by atoms with van der Waals surface area (Å²) < 4.78 is 17.4. The van der Waals surface area contributed by atoms with Crippen LogP contribution in [0, 0.1) is 5.41 Å². The summed E-state index contributed by atoms with van der Waals surface area (Å²) in [4.78, 5) is 28.4. The maximum atomic E-state index is 13.9. The number of carbonyl (C=O) groups is 2. The average molecular weight is 567 g/mol. The van der Waals surface area contributed by atoms with E-state index in [0.717, 1.165) is 36.8 Å². The smallest absolute Gasteiger partial charge is 0.408 e. The molecule has 4 atom stereocenters. The quantitative estimate of drug-likeness (QED) is 0.336. The lowest BCUT2D eigenvalue weighted by atomic mass is 9.72. The number of aliphatic hydroxyl groups excluding tert-OH is 1. The Morgan fingerprint density at radius 2 is 1.85 bits per heavy atom. The van der Waals surface area contributed by atoms with E-state index in [9.17, 15) is 14.7 Å². The molecule has 4 rings (SSSR count). The number of nitrogens with zero attached hydrogens (tertiary/aromatic N) is 1. The highest BCUT2D eigenvalue weighted by Crippen LogP contribution is 2.47. The number of rotatable bonds is 12. The van der Waals surface area contributed by atoms with Crippen molar-refractivity contribution in [3.63, 3.8) is 0 Å². The zero-order valence-corrected chi connectivity index (χ0v) is 24.9. The minimum absolute atomic E-state index is 0.125. The van der Waals surface area contributed by atoms with E-state index in [2.05, 4.69) is 12.2 Å². The van der Waals surface area contributed by atoms with E-state index in [4.69, 9.17) is 14.2 Å². The van der Waals surface area contributed by atoms with Gasteiger partial charge in [0, 0.05) is 24.4 Å². The first-order chi connectivity index (χ1) is 19.7. The van der Waals surface area contributed by atoms with Gasteiger partial charge in [-0.15, -0.1) is 0 Å². The second-order valence-corrected chi connectivity index (χ2v) is 11.8. The number of amides is 2. The van der Waals surface area contributed by atoms with Crippen LogP contribution < -0.4 is 14.8 Å². The lowest BCUT2D eigenvalue weighted by molar-refractivity contribution is -0.133. The first kappa shape index (κ1) is 30.7. The molecule has 0 spiro atoms. The molecule has 2 amide bonds. The van der Waals surface area contributed by atoms with Gasteiger partial charge in [0.05, 0.1) is 19.3 Å². The SMILES string of the molecule is CCCCC(NC(=O)OCc1ccccc1)C(=O)N1C[C@@H](c2ccc(OC)c(OC3CCCC3)c2)[C@](C)([C@@H](C)O)C1. The number of ether oxygens (including phenoxy) is 3. The van der Waals surface area contributed by atoms with Gasteiger partial charge in [-0.1, -0.05) is 63.1 Å². The molecule has 2 N–H and O–H groups in total. The van der Waals surface area contributed by atoms with Gasteiger partial charge in [-0.2, -0.15) is 0 Å². The highest BCUT2D eigenvalue weighted by atomic mass is 16.5. The van der Waals surface area contributed by atoms with Gasteiger partial charge >= 0.3 is 6.09 Å². The molecular formula is C33H46N2O6. The number of nitrogens with one attached hydrogen (secondary N) is 1. The Labute approximate surface area is 244 Å². The van der Waals surface area contributed by atoms with Gasteiger partial charge in [0.25, 0.3) is 0 Å². The van der Waals surface area contributed by atoms with Crippen LogP contribution in [0.25, 0.3) is 0 Å². The van der Waals surface area contributed by atoms with Crippen molar-refractivity contribution in [1.29, 1.82) is 0 Å². The lowest BCUT2D eigenvalue weighted by Gasteiger charge is -2.34.